The van der Waals surface area contributed by atoms with E-state index >= 15 is 0 Å². The first-order chi connectivity index (χ1) is 7.16. The van der Waals surface area contributed by atoms with Crippen LogP contribution < -0.4 is 0 Å². The summed E-state index contributed by atoms with van der Waals surface area (Å²) in [5.41, 5.74) is 0. The summed E-state index contributed by atoms with van der Waals surface area (Å²) < 4.78 is 10.8. The third-order valence-electron chi connectivity index (χ3n) is 2.39. The molecule has 0 aromatic rings. The molecule has 0 radical (unpaired) electrons. The molecule has 86 valence electrons. The van der Waals surface area contributed by atoms with Crippen LogP contribution in [0, 0.1) is 5.92 Å². The van der Waals surface area contributed by atoms with Crippen LogP contribution in [0.2, 0.25) is 0 Å². The predicted octanol–water partition coefficient (Wildman–Crippen LogP) is 2.31. The molecule has 0 saturated heterocycles. The van der Waals surface area contributed by atoms with Gasteiger partial charge < -0.3 is 9.47 Å². The molecule has 0 amide bonds. The van der Waals surface area contributed by atoms with Gasteiger partial charge in [-0.2, -0.15) is 0 Å². The number of ketones is 1. The van der Waals surface area contributed by atoms with Gasteiger partial charge in [0.1, 0.15) is 6.10 Å². The van der Waals surface area contributed by atoms with Gasteiger partial charge in [0.15, 0.2) is 5.76 Å². The molecule has 1 atom stereocenters. The maximum Gasteiger partial charge on any atom is 0.225 e. The summed E-state index contributed by atoms with van der Waals surface area (Å²) in [6.45, 7) is 7.08. The lowest BCUT2D eigenvalue weighted by atomic mass is 10.0. The zero-order valence-electron chi connectivity index (χ0n) is 9.79. The van der Waals surface area contributed by atoms with Gasteiger partial charge in [0.2, 0.25) is 5.78 Å². The summed E-state index contributed by atoms with van der Waals surface area (Å²) in [6.07, 6.45) is 3.44. The molecule has 1 heterocycles. The van der Waals surface area contributed by atoms with E-state index in [0.29, 0.717) is 19.0 Å². The quantitative estimate of drug-likeness (QED) is 0.701. The number of carbonyl (C=O) groups is 1. The van der Waals surface area contributed by atoms with E-state index in [2.05, 4.69) is 0 Å². The van der Waals surface area contributed by atoms with Crippen molar-refractivity contribution in [2.45, 2.75) is 39.7 Å². The number of hydrogen-bond acceptors (Lipinski definition) is 3. The SMILES string of the molecule is CCOC(C(=O)C1=CCCCO1)C(C)C. The number of hydrogen-bond donors (Lipinski definition) is 0. The van der Waals surface area contributed by atoms with Gasteiger partial charge in [-0.15, -0.1) is 0 Å². The van der Waals surface area contributed by atoms with E-state index in [0.717, 1.165) is 12.8 Å². The van der Waals surface area contributed by atoms with E-state index in [4.69, 9.17) is 9.47 Å². The Morgan fingerprint density at radius 2 is 2.33 bits per heavy atom. The van der Waals surface area contributed by atoms with Crippen molar-refractivity contribution in [2.75, 3.05) is 13.2 Å². The highest BCUT2D eigenvalue weighted by Crippen LogP contribution is 2.17. The predicted molar refractivity (Wildman–Crippen MR) is 58.5 cm³/mol. The van der Waals surface area contributed by atoms with Crippen molar-refractivity contribution in [1.82, 2.24) is 0 Å². The molecule has 0 aromatic carbocycles. The van der Waals surface area contributed by atoms with Crippen molar-refractivity contribution in [3.8, 4) is 0 Å². The Bertz CT molecular complexity index is 243. The number of rotatable bonds is 5. The molecule has 0 aromatic heterocycles. The summed E-state index contributed by atoms with van der Waals surface area (Å²) >= 11 is 0. The van der Waals surface area contributed by atoms with Crippen LogP contribution in [0.3, 0.4) is 0 Å². The van der Waals surface area contributed by atoms with E-state index in [1.807, 2.05) is 26.8 Å². The second-order valence-corrected chi connectivity index (χ2v) is 4.04. The topological polar surface area (TPSA) is 35.5 Å². The fraction of sp³-hybridized carbons (Fsp3) is 0.750. The molecule has 3 nitrogen and oxygen atoms in total. The van der Waals surface area contributed by atoms with E-state index < -0.39 is 0 Å². The molecule has 0 bridgehead atoms. The second kappa shape index (κ2) is 5.91. The van der Waals surface area contributed by atoms with E-state index in [1.54, 1.807) is 0 Å². The van der Waals surface area contributed by atoms with Crippen LogP contribution in [0.15, 0.2) is 11.8 Å². The first-order valence-corrected chi connectivity index (χ1v) is 5.65. The zero-order valence-corrected chi connectivity index (χ0v) is 9.79. The smallest absolute Gasteiger partial charge is 0.225 e. The van der Waals surface area contributed by atoms with E-state index in [9.17, 15) is 4.79 Å². The Morgan fingerprint density at radius 1 is 1.60 bits per heavy atom. The molecule has 3 heteroatoms. The Hall–Kier alpha value is -0.830. The maximum absolute atomic E-state index is 12.0. The zero-order chi connectivity index (χ0) is 11.3. The van der Waals surface area contributed by atoms with Gasteiger partial charge in [0.25, 0.3) is 0 Å². The molecule has 1 aliphatic heterocycles. The van der Waals surface area contributed by atoms with Gasteiger partial charge in [-0.25, -0.2) is 0 Å². The monoisotopic (exact) mass is 212 g/mol. The molecule has 0 aliphatic carbocycles. The summed E-state index contributed by atoms with van der Waals surface area (Å²) in [4.78, 5) is 12.0. The minimum atomic E-state index is -0.362. The fourth-order valence-corrected chi connectivity index (χ4v) is 1.62. The molecule has 1 aliphatic rings. The molecule has 0 N–H and O–H groups in total. The van der Waals surface area contributed by atoms with Crippen LogP contribution in [0.4, 0.5) is 0 Å². The lowest BCUT2D eigenvalue weighted by Gasteiger charge is -2.22. The first kappa shape index (κ1) is 12.2. The fourth-order valence-electron chi connectivity index (χ4n) is 1.62. The van der Waals surface area contributed by atoms with Crippen molar-refractivity contribution in [3.63, 3.8) is 0 Å². The molecular weight excluding hydrogens is 192 g/mol. The minimum absolute atomic E-state index is 0.00782. The largest absolute Gasteiger partial charge is 0.490 e. The summed E-state index contributed by atoms with van der Waals surface area (Å²) in [6, 6.07) is 0. The van der Waals surface area contributed by atoms with E-state index in [1.165, 1.54) is 0 Å². The highest BCUT2D eigenvalue weighted by atomic mass is 16.5. The van der Waals surface area contributed by atoms with Gasteiger partial charge >= 0.3 is 0 Å². The van der Waals surface area contributed by atoms with Crippen molar-refractivity contribution in [3.05, 3.63) is 11.8 Å². The third kappa shape index (κ3) is 3.34. The normalized spacial score (nSPS) is 18.3. The van der Waals surface area contributed by atoms with Crippen molar-refractivity contribution in [2.24, 2.45) is 5.92 Å². The van der Waals surface area contributed by atoms with Crippen molar-refractivity contribution >= 4 is 5.78 Å². The number of carbonyl (C=O) groups excluding carboxylic acids is 1. The minimum Gasteiger partial charge on any atom is -0.490 e. The van der Waals surface area contributed by atoms with E-state index in [-0.39, 0.29) is 17.8 Å². The molecular formula is C12H20O3. The van der Waals surface area contributed by atoms with Crippen LogP contribution in [0.5, 0.6) is 0 Å². The van der Waals surface area contributed by atoms with Crippen molar-refractivity contribution < 1.29 is 14.3 Å². The Balaban J connectivity index is 2.66. The Kier molecular flexibility index (Phi) is 4.82. The van der Waals surface area contributed by atoms with Crippen molar-refractivity contribution in [1.29, 1.82) is 0 Å². The van der Waals surface area contributed by atoms with Crippen LogP contribution in [-0.4, -0.2) is 25.1 Å². The highest BCUT2D eigenvalue weighted by Gasteiger charge is 2.27. The lowest BCUT2D eigenvalue weighted by molar-refractivity contribution is -0.133. The average molecular weight is 212 g/mol. The van der Waals surface area contributed by atoms with Gasteiger partial charge in [0, 0.05) is 6.61 Å². The Labute approximate surface area is 91.4 Å². The van der Waals surface area contributed by atoms with Crippen LogP contribution >= 0.6 is 0 Å². The standard InChI is InChI=1S/C12H20O3/c1-4-14-12(9(2)3)11(13)10-7-5-6-8-15-10/h7,9,12H,4-6,8H2,1-3H3. The molecule has 15 heavy (non-hydrogen) atoms. The summed E-state index contributed by atoms with van der Waals surface area (Å²) in [5.74, 6) is 0.670. The van der Waals surface area contributed by atoms with Gasteiger partial charge in [-0.1, -0.05) is 13.8 Å². The molecule has 0 saturated carbocycles. The summed E-state index contributed by atoms with van der Waals surface area (Å²) in [7, 11) is 0. The van der Waals surface area contributed by atoms with Crippen LogP contribution in [-0.2, 0) is 14.3 Å². The Morgan fingerprint density at radius 3 is 2.80 bits per heavy atom. The molecule has 1 unspecified atom stereocenters. The first-order valence-electron chi connectivity index (χ1n) is 5.65. The molecule has 1 rings (SSSR count). The highest BCUT2D eigenvalue weighted by molar-refractivity contribution is 5.97. The number of allylic oxidation sites excluding steroid dienone is 1. The van der Waals surface area contributed by atoms with Crippen LogP contribution in [0.1, 0.15) is 33.6 Å². The lowest BCUT2D eigenvalue weighted by Crippen LogP contribution is -2.32. The van der Waals surface area contributed by atoms with Gasteiger partial charge in [-0.05, 0) is 31.8 Å². The number of Topliss-reactive ketones (excluding diaryl/α,β-unsaturated/α-hetero) is 1. The third-order valence-corrected chi connectivity index (χ3v) is 2.39. The van der Waals surface area contributed by atoms with Crippen LogP contribution in [0.25, 0.3) is 0 Å². The second-order valence-electron chi connectivity index (χ2n) is 4.04. The maximum atomic E-state index is 12.0. The van der Waals surface area contributed by atoms with Gasteiger partial charge in [-0.3, -0.25) is 4.79 Å². The average Bonchev–Trinajstić information content (AvgIpc) is 2.26. The summed E-state index contributed by atoms with van der Waals surface area (Å²) in [5, 5.41) is 0. The molecule has 0 spiro atoms. The van der Waals surface area contributed by atoms with Gasteiger partial charge in [0.05, 0.1) is 6.61 Å². The number of ether oxygens (including phenoxy) is 2. The molecule has 0 fully saturated rings.